The molecule has 1 amide bonds. The van der Waals surface area contributed by atoms with Crippen molar-refractivity contribution in [3.8, 4) is 0 Å². The van der Waals surface area contributed by atoms with Gasteiger partial charge in [0.2, 0.25) is 5.91 Å². The lowest BCUT2D eigenvalue weighted by Gasteiger charge is -2.10. The molecule has 104 valence electrons. The number of nitro groups is 1. The molecule has 1 rings (SSSR count). The highest BCUT2D eigenvalue weighted by molar-refractivity contribution is 5.76. The molecule has 1 unspecified atom stereocenters. The van der Waals surface area contributed by atoms with Crippen LogP contribution in [0.5, 0.6) is 0 Å². The molecule has 1 aromatic carbocycles. The molecule has 0 aliphatic heterocycles. The summed E-state index contributed by atoms with van der Waals surface area (Å²) < 4.78 is 0. The van der Waals surface area contributed by atoms with Crippen molar-refractivity contribution >= 4 is 11.6 Å². The molecule has 1 aromatic rings. The summed E-state index contributed by atoms with van der Waals surface area (Å²) in [7, 11) is 0. The van der Waals surface area contributed by atoms with Crippen LogP contribution in [0, 0.1) is 10.1 Å². The maximum Gasteiger partial charge on any atom is 0.274 e. The van der Waals surface area contributed by atoms with Crippen LogP contribution >= 0.6 is 0 Å². The first-order valence-corrected chi connectivity index (χ1v) is 6.29. The van der Waals surface area contributed by atoms with Crippen LogP contribution < -0.4 is 11.1 Å². The summed E-state index contributed by atoms with van der Waals surface area (Å²) in [6, 6.07) is 6.20. The molecule has 0 fully saturated rings. The van der Waals surface area contributed by atoms with Crippen LogP contribution in [0.25, 0.3) is 0 Å². The highest BCUT2D eigenvalue weighted by Gasteiger charge is 2.14. The van der Waals surface area contributed by atoms with Crippen molar-refractivity contribution in [3.63, 3.8) is 0 Å². The molecular weight excluding hydrogens is 246 g/mol. The summed E-state index contributed by atoms with van der Waals surface area (Å²) in [6.07, 6.45) is 1.96. The smallest absolute Gasteiger partial charge is 0.274 e. The number of amides is 1. The van der Waals surface area contributed by atoms with Gasteiger partial charge in [-0.25, -0.2) is 0 Å². The molecule has 0 saturated heterocycles. The number of hydrogen-bond acceptors (Lipinski definition) is 4. The number of nitro benzene ring substituents is 1. The minimum absolute atomic E-state index is 0.0145. The number of para-hydroxylation sites is 1. The first-order chi connectivity index (χ1) is 9.04. The topological polar surface area (TPSA) is 98.3 Å². The lowest BCUT2D eigenvalue weighted by atomic mass is 10.1. The van der Waals surface area contributed by atoms with Crippen molar-refractivity contribution < 1.29 is 9.72 Å². The zero-order valence-electron chi connectivity index (χ0n) is 11.0. The molecule has 0 aliphatic rings. The highest BCUT2D eigenvalue weighted by atomic mass is 16.6. The van der Waals surface area contributed by atoms with E-state index in [1.165, 1.54) is 6.07 Å². The number of benzene rings is 1. The summed E-state index contributed by atoms with van der Waals surface area (Å²) in [6.45, 7) is 2.15. The third-order valence-electron chi connectivity index (χ3n) is 2.77. The largest absolute Gasteiger partial charge is 0.352 e. The summed E-state index contributed by atoms with van der Waals surface area (Å²) in [5.74, 6) is -0.181. The Morgan fingerprint density at radius 1 is 1.47 bits per heavy atom. The Morgan fingerprint density at radius 2 is 2.16 bits per heavy atom. The molecule has 0 spiro atoms. The van der Waals surface area contributed by atoms with E-state index in [1.807, 2.05) is 6.92 Å². The highest BCUT2D eigenvalue weighted by Crippen LogP contribution is 2.17. The van der Waals surface area contributed by atoms with Crippen LogP contribution in [0.2, 0.25) is 0 Å². The predicted octanol–water partition coefficient (Wildman–Crippen LogP) is 1.73. The summed E-state index contributed by atoms with van der Waals surface area (Å²) in [4.78, 5) is 22.0. The van der Waals surface area contributed by atoms with Crippen LogP contribution in [0.3, 0.4) is 0 Å². The third kappa shape index (κ3) is 5.05. The van der Waals surface area contributed by atoms with Crippen LogP contribution in [0.15, 0.2) is 24.3 Å². The van der Waals surface area contributed by atoms with E-state index in [0.717, 1.165) is 12.8 Å². The lowest BCUT2D eigenvalue weighted by Crippen LogP contribution is -2.31. The van der Waals surface area contributed by atoms with Gasteiger partial charge in [0, 0.05) is 30.6 Å². The SMILES string of the molecule is CCCC(N)CC(=O)NCc1ccccc1[N+](=O)[O-]. The monoisotopic (exact) mass is 265 g/mol. The first-order valence-electron chi connectivity index (χ1n) is 6.29. The standard InChI is InChI=1S/C13H19N3O3/c1-2-5-11(14)8-13(17)15-9-10-6-3-4-7-12(10)16(18)19/h3-4,6-7,11H,2,5,8-9,14H2,1H3,(H,15,17). The van der Waals surface area contributed by atoms with Gasteiger partial charge in [0.25, 0.3) is 5.69 Å². The van der Waals surface area contributed by atoms with Gasteiger partial charge < -0.3 is 11.1 Å². The number of hydrogen-bond donors (Lipinski definition) is 2. The Morgan fingerprint density at radius 3 is 2.79 bits per heavy atom. The Bertz CT molecular complexity index is 449. The van der Waals surface area contributed by atoms with Crippen molar-refractivity contribution in [2.24, 2.45) is 5.73 Å². The van der Waals surface area contributed by atoms with Gasteiger partial charge in [-0.15, -0.1) is 0 Å². The Labute approximate surface area is 112 Å². The fraction of sp³-hybridized carbons (Fsp3) is 0.462. The van der Waals surface area contributed by atoms with Gasteiger partial charge in [0.05, 0.1) is 4.92 Å². The Balaban J connectivity index is 2.53. The molecular formula is C13H19N3O3. The van der Waals surface area contributed by atoms with E-state index in [0.29, 0.717) is 5.56 Å². The van der Waals surface area contributed by atoms with E-state index < -0.39 is 4.92 Å². The fourth-order valence-corrected chi connectivity index (χ4v) is 1.82. The average molecular weight is 265 g/mol. The van der Waals surface area contributed by atoms with Gasteiger partial charge in [0.1, 0.15) is 0 Å². The van der Waals surface area contributed by atoms with Crippen molar-refractivity contribution in [1.82, 2.24) is 5.32 Å². The predicted molar refractivity (Wildman–Crippen MR) is 72.4 cm³/mol. The molecule has 0 saturated carbocycles. The van der Waals surface area contributed by atoms with Crippen LogP contribution in [0.1, 0.15) is 31.7 Å². The summed E-state index contributed by atoms with van der Waals surface area (Å²) in [5.41, 5.74) is 6.27. The van der Waals surface area contributed by atoms with Gasteiger partial charge in [-0.3, -0.25) is 14.9 Å². The van der Waals surface area contributed by atoms with Crippen LogP contribution in [-0.4, -0.2) is 16.9 Å². The first kappa shape index (κ1) is 15.1. The van der Waals surface area contributed by atoms with Crippen LogP contribution in [-0.2, 0) is 11.3 Å². The lowest BCUT2D eigenvalue weighted by molar-refractivity contribution is -0.385. The van der Waals surface area contributed by atoms with Gasteiger partial charge in [0.15, 0.2) is 0 Å². The molecule has 3 N–H and O–H groups in total. The molecule has 0 radical (unpaired) electrons. The van der Waals surface area contributed by atoms with E-state index in [9.17, 15) is 14.9 Å². The number of nitrogens with zero attached hydrogens (tertiary/aromatic N) is 1. The number of carbonyl (C=O) groups is 1. The van der Waals surface area contributed by atoms with Crippen molar-refractivity contribution in [3.05, 3.63) is 39.9 Å². The minimum Gasteiger partial charge on any atom is -0.352 e. The van der Waals surface area contributed by atoms with E-state index in [-0.39, 0.29) is 30.6 Å². The molecule has 6 heteroatoms. The molecule has 0 aliphatic carbocycles. The number of rotatable bonds is 7. The van der Waals surface area contributed by atoms with Crippen LogP contribution in [0.4, 0.5) is 5.69 Å². The Kier molecular flexibility index (Phi) is 5.95. The third-order valence-corrected chi connectivity index (χ3v) is 2.77. The molecule has 0 bridgehead atoms. The summed E-state index contributed by atoms with van der Waals surface area (Å²) in [5, 5.41) is 13.5. The number of nitrogens with two attached hydrogens (primary N) is 1. The zero-order chi connectivity index (χ0) is 14.3. The molecule has 0 aromatic heterocycles. The van der Waals surface area contributed by atoms with E-state index in [2.05, 4.69) is 5.32 Å². The summed E-state index contributed by atoms with van der Waals surface area (Å²) >= 11 is 0. The van der Waals surface area contributed by atoms with Gasteiger partial charge >= 0.3 is 0 Å². The van der Waals surface area contributed by atoms with Gasteiger partial charge in [-0.1, -0.05) is 31.5 Å². The minimum atomic E-state index is -0.454. The van der Waals surface area contributed by atoms with Gasteiger partial charge in [-0.05, 0) is 6.42 Å². The molecule has 1 atom stereocenters. The molecule has 19 heavy (non-hydrogen) atoms. The van der Waals surface area contributed by atoms with Crippen molar-refractivity contribution in [1.29, 1.82) is 0 Å². The number of carbonyl (C=O) groups excluding carboxylic acids is 1. The quantitative estimate of drug-likeness (QED) is 0.579. The average Bonchev–Trinajstić information content (AvgIpc) is 2.36. The van der Waals surface area contributed by atoms with Crippen molar-refractivity contribution in [2.45, 2.75) is 38.8 Å². The molecule has 0 heterocycles. The second-order valence-corrected chi connectivity index (χ2v) is 4.42. The van der Waals surface area contributed by atoms with E-state index in [1.54, 1.807) is 18.2 Å². The maximum absolute atomic E-state index is 11.6. The van der Waals surface area contributed by atoms with Crippen molar-refractivity contribution in [2.75, 3.05) is 0 Å². The Hall–Kier alpha value is -1.95. The second-order valence-electron chi connectivity index (χ2n) is 4.42. The zero-order valence-corrected chi connectivity index (χ0v) is 11.0. The number of nitrogens with one attached hydrogen (secondary N) is 1. The maximum atomic E-state index is 11.6. The van der Waals surface area contributed by atoms with Gasteiger partial charge in [-0.2, -0.15) is 0 Å². The molecule has 6 nitrogen and oxygen atoms in total. The normalized spacial score (nSPS) is 11.9. The second kappa shape index (κ2) is 7.48. The fourth-order valence-electron chi connectivity index (χ4n) is 1.82. The van der Waals surface area contributed by atoms with E-state index >= 15 is 0 Å². The van der Waals surface area contributed by atoms with E-state index in [4.69, 9.17) is 5.73 Å².